The first-order chi connectivity index (χ1) is 21.2. The van der Waals surface area contributed by atoms with Gasteiger partial charge in [-0.1, -0.05) is 23.7 Å². The molecule has 0 spiro atoms. The van der Waals surface area contributed by atoms with Crippen LogP contribution in [0.25, 0.3) is 21.5 Å². The van der Waals surface area contributed by atoms with Crippen molar-refractivity contribution in [3.05, 3.63) is 80.6 Å². The van der Waals surface area contributed by atoms with Crippen molar-refractivity contribution in [2.24, 2.45) is 5.92 Å². The molecule has 2 N–H and O–H groups in total. The highest BCUT2D eigenvalue weighted by molar-refractivity contribution is 7.11. The Hall–Kier alpha value is -3.18. The molecule has 1 aliphatic heterocycles. The van der Waals surface area contributed by atoms with Gasteiger partial charge in [-0.2, -0.15) is 4.37 Å². The number of hydrogen-bond acceptors (Lipinski definition) is 7. The number of aliphatic hydroxyl groups is 1. The molecule has 1 saturated carbocycles. The van der Waals surface area contributed by atoms with Crippen LogP contribution in [0.1, 0.15) is 54.7 Å². The van der Waals surface area contributed by atoms with Crippen molar-refractivity contribution < 1.29 is 14.3 Å². The van der Waals surface area contributed by atoms with E-state index in [1.54, 1.807) is 12.1 Å². The number of nitrogens with zero attached hydrogens (tertiary/aromatic N) is 4. The minimum absolute atomic E-state index is 0.0525. The van der Waals surface area contributed by atoms with E-state index in [9.17, 15) is 19.1 Å². The fourth-order valence-electron chi connectivity index (χ4n) is 6.92. The number of carbonyl (C=O) groups is 1. The summed E-state index contributed by atoms with van der Waals surface area (Å²) >= 11 is 7.89. The number of likely N-dealkylation sites (N-methyl/N-ethyl adjacent to an activating group) is 1. The van der Waals surface area contributed by atoms with Gasteiger partial charge in [0.25, 0.3) is 5.56 Å². The third kappa shape index (κ3) is 5.69. The summed E-state index contributed by atoms with van der Waals surface area (Å²) in [5.41, 5.74) is 3.65. The van der Waals surface area contributed by atoms with Gasteiger partial charge in [-0.15, -0.1) is 0 Å². The topological polar surface area (TPSA) is 100 Å². The van der Waals surface area contributed by atoms with E-state index in [1.807, 2.05) is 18.0 Å². The molecule has 8 nitrogen and oxygen atoms in total. The van der Waals surface area contributed by atoms with Gasteiger partial charge in [0.05, 0.1) is 23.4 Å². The Bertz CT molecular complexity index is 1780. The third-order valence-electron chi connectivity index (χ3n) is 9.73. The maximum absolute atomic E-state index is 13.5. The molecule has 2 aliphatic carbocycles. The lowest BCUT2D eigenvalue weighted by molar-refractivity contribution is -0.136. The Morgan fingerprint density at radius 3 is 2.64 bits per heavy atom. The average molecular weight is 636 g/mol. The van der Waals surface area contributed by atoms with Crippen LogP contribution in [0.4, 0.5) is 4.39 Å². The van der Waals surface area contributed by atoms with Crippen LogP contribution in [-0.4, -0.2) is 61.6 Å². The van der Waals surface area contributed by atoms with Crippen LogP contribution in [0.2, 0.25) is 5.02 Å². The molecule has 4 aromatic rings. The second kappa shape index (κ2) is 11.6. The van der Waals surface area contributed by atoms with Gasteiger partial charge in [0.15, 0.2) is 5.52 Å². The summed E-state index contributed by atoms with van der Waals surface area (Å²) in [6.45, 7) is 0.907. The molecule has 1 saturated heterocycles. The molecule has 2 atom stereocenters. The van der Waals surface area contributed by atoms with Crippen LogP contribution in [0, 0.1) is 11.7 Å². The standard InChI is InChI=1S/C33H35ClFN5O3S/c1-36-24-13-21-12-22(14-27(34)26(21)15-24)31-29-30(38-44-31)32(42)40(18-37-29)17-33(43)8-10-39(11-9-33)28(41)16-25(19-2-3-19)20-4-6-23(35)7-5-20/h4-7,12,14,18-19,24-25,36,43H,2-3,8-11,13,15-17H2,1H3. The van der Waals surface area contributed by atoms with E-state index in [0.29, 0.717) is 49.8 Å². The van der Waals surface area contributed by atoms with E-state index < -0.39 is 5.60 Å². The number of likely N-dealkylation sites (tertiary alicyclic amines) is 1. The fraction of sp³-hybridized carbons (Fsp3) is 0.455. The monoisotopic (exact) mass is 635 g/mol. The van der Waals surface area contributed by atoms with Crippen LogP contribution in [0.3, 0.4) is 0 Å². The van der Waals surface area contributed by atoms with Crippen LogP contribution in [0.15, 0.2) is 47.5 Å². The molecular formula is C33H35ClFN5O3S. The zero-order chi connectivity index (χ0) is 30.6. The van der Waals surface area contributed by atoms with Crippen molar-refractivity contribution in [2.75, 3.05) is 20.1 Å². The summed E-state index contributed by atoms with van der Waals surface area (Å²) in [5, 5.41) is 15.5. The maximum atomic E-state index is 13.5. The Labute approximate surface area is 264 Å². The molecule has 0 radical (unpaired) electrons. The van der Waals surface area contributed by atoms with E-state index in [-0.39, 0.29) is 35.3 Å². The van der Waals surface area contributed by atoms with Crippen LogP contribution < -0.4 is 10.9 Å². The Morgan fingerprint density at radius 1 is 1.18 bits per heavy atom. The number of rotatable bonds is 8. The quantitative estimate of drug-likeness (QED) is 0.285. The number of aromatic nitrogens is 3. The van der Waals surface area contributed by atoms with E-state index in [2.05, 4.69) is 20.7 Å². The summed E-state index contributed by atoms with van der Waals surface area (Å²) in [6, 6.07) is 10.9. The summed E-state index contributed by atoms with van der Waals surface area (Å²) in [7, 11) is 1.96. The Morgan fingerprint density at radius 2 is 1.93 bits per heavy atom. The summed E-state index contributed by atoms with van der Waals surface area (Å²) in [4.78, 5) is 34.0. The lowest BCUT2D eigenvalue weighted by Gasteiger charge is -2.38. The lowest BCUT2D eigenvalue weighted by Crippen LogP contribution is -2.49. The van der Waals surface area contributed by atoms with E-state index in [0.717, 1.165) is 52.3 Å². The molecule has 2 unspecified atom stereocenters. The largest absolute Gasteiger partial charge is 0.388 e. The van der Waals surface area contributed by atoms with E-state index in [4.69, 9.17) is 11.6 Å². The molecule has 3 heterocycles. The highest BCUT2D eigenvalue weighted by Gasteiger charge is 2.38. The van der Waals surface area contributed by atoms with E-state index in [1.165, 1.54) is 40.1 Å². The molecule has 2 aromatic carbocycles. The zero-order valence-corrected chi connectivity index (χ0v) is 26.1. The van der Waals surface area contributed by atoms with Crippen LogP contribution >= 0.6 is 23.1 Å². The highest BCUT2D eigenvalue weighted by Crippen LogP contribution is 2.45. The average Bonchev–Trinajstić information content (AvgIpc) is 3.61. The fourth-order valence-corrected chi connectivity index (χ4v) is 8.04. The molecule has 230 valence electrons. The van der Waals surface area contributed by atoms with Crippen molar-refractivity contribution in [3.8, 4) is 10.4 Å². The molecule has 0 bridgehead atoms. The predicted molar refractivity (Wildman–Crippen MR) is 170 cm³/mol. The maximum Gasteiger partial charge on any atom is 0.281 e. The first-order valence-electron chi connectivity index (χ1n) is 15.3. The number of carbonyl (C=O) groups excluding carboxylic acids is 1. The number of fused-ring (bicyclic) bond motifs is 2. The molecule has 2 aromatic heterocycles. The van der Waals surface area contributed by atoms with Gasteiger partial charge < -0.3 is 15.3 Å². The Kier molecular flexibility index (Phi) is 7.81. The third-order valence-corrected chi connectivity index (χ3v) is 11.0. The molecule has 1 amide bonds. The van der Waals surface area contributed by atoms with Gasteiger partial charge >= 0.3 is 0 Å². The Balaban J connectivity index is 1.03. The van der Waals surface area contributed by atoms with Crippen LogP contribution in [-0.2, 0) is 24.2 Å². The minimum atomic E-state index is -1.14. The first-order valence-corrected chi connectivity index (χ1v) is 16.5. The van der Waals surface area contributed by atoms with Gasteiger partial charge in [-0.25, -0.2) is 9.37 Å². The van der Waals surface area contributed by atoms with Gasteiger partial charge in [0, 0.05) is 30.6 Å². The zero-order valence-electron chi connectivity index (χ0n) is 24.6. The second-order valence-electron chi connectivity index (χ2n) is 12.7. The molecule has 11 heteroatoms. The first kappa shape index (κ1) is 29.5. The van der Waals surface area contributed by atoms with E-state index >= 15 is 0 Å². The van der Waals surface area contributed by atoms with Crippen molar-refractivity contribution in [1.29, 1.82) is 0 Å². The summed E-state index contributed by atoms with van der Waals surface area (Å²) in [6.07, 6.45) is 6.55. The van der Waals surface area contributed by atoms with Crippen molar-refractivity contribution in [3.63, 3.8) is 0 Å². The SMILES string of the molecule is CNC1Cc2cc(-c3snc4c(=O)n(CC5(O)CCN(C(=O)CC(c6ccc(F)cc6)C6CC6)CC5)cnc34)cc(Cl)c2C1. The lowest BCUT2D eigenvalue weighted by atomic mass is 9.88. The molecule has 7 rings (SSSR count). The molecule has 2 fully saturated rings. The minimum Gasteiger partial charge on any atom is -0.388 e. The number of benzene rings is 2. The number of nitrogens with one attached hydrogen (secondary N) is 1. The van der Waals surface area contributed by atoms with Gasteiger partial charge in [-0.3, -0.25) is 14.2 Å². The smallest absolute Gasteiger partial charge is 0.281 e. The number of hydrogen-bond donors (Lipinski definition) is 2. The molecule has 44 heavy (non-hydrogen) atoms. The van der Waals surface area contributed by atoms with Crippen molar-refractivity contribution in [1.82, 2.24) is 24.1 Å². The molecule has 3 aliphatic rings. The molecular weight excluding hydrogens is 601 g/mol. The van der Waals surface area contributed by atoms with Gasteiger partial charge in [0.2, 0.25) is 5.91 Å². The van der Waals surface area contributed by atoms with Crippen LogP contribution in [0.5, 0.6) is 0 Å². The van der Waals surface area contributed by atoms with Gasteiger partial charge in [-0.05, 0) is 115 Å². The second-order valence-corrected chi connectivity index (χ2v) is 13.9. The summed E-state index contributed by atoms with van der Waals surface area (Å²) < 4.78 is 19.4. The van der Waals surface area contributed by atoms with Crippen molar-refractivity contribution >= 4 is 40.1 Å². The van der Waals surface area contributed by atoms with Crippen molar-refractivity contribution in [2.45, 2.75) is 69.1 Å². The number of piperidine rings is 1. The number of amides is 1. The highest BCUT2D eigenvalue weighted by atomic mass is 35.5. The van der Waals surface area contributed by atoms with Gasteiger partial charge in [0.1, 0.15) is 11.3 Å². The number of halogens is 2. The predicted octanol–water partition coefficient (Wildman–Crippen LogP) is 4.94. The normalized spacial score (nSPS) is 20.2. The summed E-state index contributed by atoms with van der Waals surface area (Å²) in [5.74, 6) is 0.316.